The molecule has 0 unspecified atom stereocenters. The molecule has 1 saturated carbocycles. The van der Waals surface area contributed by atoms with Crippen LogP contribution in [0.25, 0.3) is 5.69 Å². The molecule has 1 fully saturated rings. The third-order valence-corrected chi connectivity index (χ3v) is 4.22. The van der Waals surface area contributed by atoms with E-state index in [9.17, 15) is 9.18 Å². The fourth-order valence-electron chi connectivity index (χ4n) is 2.69. The van der Waals surface area contributed by atoms with Crippen molar-refractivity contribution < 1.29 is 9.18 Å². The van der Waals surface area contributed by atoms with Gasteiger partial charge in [-0.15, -0.1) is 5.10 Å². The van der Waals surface area contributed by atoms with Gasteiger partial charge in [-0.1, -0.05) is 0 Å². The van der Waals surface area contributed by atoms with Crippen LogP contribution in [0.4, 0.5) is 4.39 Å². The second kappa shape index (κ2) is 6.08. The van der Waals surface area contributed by atoms with Crippen LogP contribution in [-0.2, 0) is 0 Å². The van der Waals surface area contributed by atoms with Crippen LogP contribution in [-0.4, -0.2) is 51.8 Å². The van der Waals surface area contributed by atoms with E-state index in [4.69, 9.17) is 0 Å². The lowest BCUT2D eigenvalue weighted by atomic mass is 9.86. The minimum atomic E-state index is -0.315. The van der Waals surface area contributed by atoms with Crippen LogP contribution in [0, 0.1) is 12.7 Å². The number of nitrogens with zero attached hydrogens (tertiary/aromatic N) is 4. The van der Waals surface area contributed by atoms with Gasteiger partial charge in [-0.3, -0.25) is 4.79 Å². The summed E-state index contributed by atoms with van der Waals surface area (Å²) in [5, 5.41) is 7.19. The van der Waals surface area contributed by atoms with Gasteiger partial charge in [0.15, 0.2) is 0 Å². The average molecular weight is 317 g/mol. The summed E-state index contributed by atoms with van der Waals surface area (Å²) in [4.78, 5) is 18.6. The lowest BCUT2D eigenvalue weighted by molar-refractivity contribution is 0.0843. The number of hydrogen-bond acceptors (Lipinski definition) is 4. The van der Waals surface area contributed by atoms with Crippen molar-refractivity contribution in [3.8, 4) is 5.69 Å². The molecule has 1 amide bonds. The molecule has 1 N–H and O–H groups in total. The van der Waals surface area contributed by atoms with Crippen molar-refractivity contribution in [2.75, 3.05) is 14.1 Å². The first-order valence-electron chi connectivity index (χ1n) is 7.61. The number of amides is 1. The van der Waals surface area contributed by atoms with Crippen LogP contribution in [0.15, 0.2) is 24.3 Å². The Morgan fingerprint density at radius 1 is 1.30 bits per heavy atom. The molecule has 0 radical (unpaired) electrons. The van der Waals surface area contributed by atoms with Gasteiger partial charge in [0.05, 0.1) is 5.69 Å². The maximum atomic E-state index is 13.0. The molecule has 6 nitrogen and oxygen atoms in total. The van der Waals surface area contributed by atoms with Crippen LogP contribution in [0.3, 0.4) is 0 Å². The quantitative estimate of drug-likeness (QED) is 0.929. The van der Waals surface area contributed by atoms with Gasteiger partial charge in [-0.05, 0) is 58.1 Å². The summed E-state index contributed by atoms with van der Waals surface area (Å²) in [5.41, 5.74) is 0.673. The molecule has 3 rings (SSSR count). The van der Waals surface area contributed by atoms with E-state index in [1.54, 1.807) is 19.1 Å². The molecule has 1 aliphatic carbocycles. The van der Waals surface area contributed by atoms with E-state index >= 15 is 0 Å². The van der Waals surface area contributed by atoms with Gasteiger partial charge in [0.1, 0.15) is 11.6 Å². The molecule has 0 aliphatic heterocycles. The standard InChI is InChI=1S/C16H20FN5O/c1-10-18-15(16(23)19-12-8-14(9-12)21(2)3)20-22(10)13-6-4-11(17)5-7-13/h4-7,12,14H,8-9H2,1-3H3,(H,19,23). The summed E-state index contributed by atoms with van der Waals surface area (Å²) in [5.74, 6) is 0.141. The van der Waals surface area contributed by atoms with Gasteiger partial charge in [0.25, 0.3) is 5.91 Å². The van der Waals surface area contributed by atoms with Gasteiger partial charge in [0.2, 0.25) is 5.82 Å². The molecular weight excluding hydrogens is 297 g/mol. The number of aryl methyl sites for hydroxylation is 1. The smallest absolute Gasteiger partial charge is 0.291 e. The Hall–Kier alpha value is -2.28. The minimum absolute atomic E-state index is 0.139. The predicted molar refractivity (Wildman–Crippen MR) is 84.0 cm³/mol. The lowest BCUT2D eigenvalue weighted by Gasteiger charge is -2.39. The third kappa shape index (κ3) is 3.24. The number of rotatable bonds is 4. The van der Waals surface area contributed by atoms with Crippen molar-refractivity contribution in [3.63, 3.8) is 0 Å². The number of carbonyl (C=O) groups excluding carboxylic acids is 1. The number of benzene rings is 1. The zero-order valence-corrected chi connectivity index (χ0v) is 13.5. The van der Waals surface area contributed by atoms with Crippen molar-refractivity contribution >= 4 is 5.91 Å². The first-order valence-corrected chi connectivity index (χ1v) is 7.61. The normalized spacial score (nSPS) is 20.4. The zero-order chi connectivity index (χ0) is 16.6. The summed E-state index contributed by atoms with van der Waals surface area (Å²) >= 11 is 0. The van der Waals surface area contributed by atoms with Crippen molar-refractivity contribution in [1.82, 2.24) is 25.0 Å². The predicted octanol–water partition coefficient (Wildman–Crippen LogP) is 1.54. The second-order valence-electron chi connectivity index (χ2n) is 6.13. The Morgan fingerprint density at radius 2 is 1.96 bits per heavy atom. The van der Waals surface area contributed by atoms with Crippen molar-refractivity contribution in [2.45, 2.75) is 31.8 Å². The Labute approximate surface area is 134 Å². The molecule has 0 spiro atoms. The fourth-order valence-corrected chi connectivity index (χ4v) is 2.69. The summed E-state index contributed by atoms with van der Waals surface area (Å²) in [7, 11) is 4.08. The summed E-state index contributed by atoms with van der Waals surface area (Å²) in [6.07, 6.45) is 1.88. The monoisotopic (exact) mass is 317 g/mol. The average Bonchev–Trinajstić information content (AvgIpc) is 2.84. The van der Waals surface area contributed by atoms with Crippen LogP contribution in [0.5, 0.6) is 0 Å². The van der Waals surface area contributed by atoms with Crippen LogP contribution in [0.2, 0.25) is 0 Å². The number of halogens is 1. The summed E-state index contributed by atoms with van der Waals surface area (Å²) in [6, 6.07) is 6.61. The largest absolute Gasteiger partial charge is 0.346 e. The van der Waals surface area contributed by atoms with Gasteiger partial charge in [-0.2, -0.15) is 0 Å². The Morgan fingerprint density at radius 3 is 2.57 bits per heavy atom. The molecule has 0 bridgehead atoms. The lowest BCUT2D eigenvalue weighted by Crippen LogP contribution is -2.52. The zero-order valence-electron chi connectivity index (χ0n) is 13.5. The Balaban J connectivity index is 1.68. The molecule has 122 valence electrons. The van der Waals surface area contributed by atoms with E-state index in [1.165, 1.54) is 16.8 Å². The molecule has 2 aromatic rings. The molecular formula is C16H20FN5O. The van der Waals surface area contributed by atoms with E-state index in [0.29, 0.717) is 17.6 Å². The molecule has 23 heavy (non-hydrogen) atoms. The van der Waals surface area contributed by atoms with E-state index in [1.807, 2.05) is 14.1 Å². The van der Waals surface area contributed by atoms with E-state index < -0.39 is 0 Å². The molecule has 0 saturated heterocycles. The van der Waals surface area contributed by atoms with Crippen LogP contribution >= 0.6 is 0 Å². The number of aromatic nitrogens is 3. The SMILES string of the molecule is Cc1nc(C(=O)NC2CC(N(C)C)C2)nn1-c1ccc(F)cc1. The van der Waals surface area contributed by atoms with Crippen molar-refractivity contribution in [1.29, 1.82) is 0 Å². The van der Waals surface area contributed by atoms with Gasteiger partial charge in [0, 0.05) is 12.1 Å². The maximum absolute atomic E-state index is 13.0. The van der Waals surface area contributed by atoms with Gasteiger partial charge < -0.3 is 10.2 Å². The topological polar surface area (TPSA) is 63.1 Å². The summed E-state index contributed by atoms with van der Waals surface area (Å²) in [6.45, 7) is 1.76. The highest BCUT2D eigenvalue weighted by atomic mass is 19.1. The first-order chi connectivity index (χ1) is 10.9. The van der Waals surface area contributed by atoms with Crippen LogP contribution < -0.4 is 5.32 Å². The van der Waals surface area contributed by atoms with Crippen molar-refractivity contribution in [3.05, 3.63) is 41.7 Å². The maximum Gasteiger partial charge on any atom is 0.291 e. The Bertz CT molecular complexity index is 704. The first kappa shape index (κ1) is 15.6. The minimum Gasteiger partial charge on any atom is -0.346 e. The molecule has 0 atom stereocenters. The van der Waals surface area contributed by atoms with E-state index in [2.05, 4.69) is 20.3 Å². The van der Waals surface area contributed by atoms with E-state index in [0.717, 1.165) is 12.8 Å². The molecule has 1 aromatic carbocycles. The highest BCUT2D eigenvalue weighted by molar-refractivity contribution is 5.90. The highest BCUT2D eigenvalue weighted by Crippen LogP contribution is 2.23. The molecule has 7 heteroatoms. The molecule has 1 aliphatic rings. The number of carbonyl (C=O) groups is 1. The third-order valence-electron chi connectivity index (χ3n) is 4.22. The van der Waals surface area contributed by atoms with Gasteiger partial charge >= 0.3 is 0 Å². The van der Waals surface area contributed by atoms with E-state index in [-0.39, 0.29) is 23.6 Å². The van der Waals surface area contributed by atoms with Crippen molar-refractivity contribution in [2.24, 2.45) is 0 Å². The number of nitrogens with one attached hydrogen (secondary N) is 1. The Kier molecular flexibility index (Phi) is 4.12. The molecule has 1 heterocycles. The fraction of sp³-hybridized carbons (Fsp3) is 0.438. The van der Waals surface area contributed by atoms with Crippen LogP contribution in [0.1, 0.15) is 29.3 Å². The molecule has 1 aromatic heterocycles. The number of hydrogen-bond donors (Lipinski definition) is 1. The van der Waals surface area contributed by atoms with Gasteiger partial charge in [-0.25, -0.2) is 14.1 Å². The summed E-state index contributed by atoms with van der Waals surface area (Å²) < 4.78 is 14.5. The highest BCUT2D eigenvalue weighted by Gasteiger charge is 2.32. The second-order valence-corrected chi connectivity index (χ2v) is 6.13.